The summed E-state index contributed by atoms with van der Waals surface area (Å²) < 4.78 is 0. The molecule has 1 aliphatic rings. The Morgan fingerprint density at radius 3 is 2.41 bits per heavy atom. The van der Waals surface area contributed by atoms with E-state index in [0.29, 0.717) is 18.8 Å². The summed E-state index contributed by atoms with van der Waals surface area (Å²) in [4.78, 5) is 22.8. The van der Waals surface area contributed by atoms with Crippen molar-refractivity contribution in [1.29, 1.82) is 0 Å². The Morgan fingerprint density at radius 1 is 1.41 bits per heavy atom. The molecular formula is C12H22N2O3. The Kier molecular flexibility index (Phi) is 4.93. The van der Waals surface area contributed by atoms with Crippen LogP contribution in [0.25, 0.3) is 0 Å². The maximum absolute atomic E-state index is 11.6. The van der Waals surface area contributed by atoms with E-state index >= 15 is 0 Å². The number of carbonyl (C=O) groups is 2. The third-order valence-electron chi connectivity index (χ3n) is 2.92. The van der Waals surface area contributed by atoms with E-state index in [1.165, 1.54) is 0 Å². The van der Waals surface area contributed by atoms with Gasteiger partial charge < -0.3 is 16.2 Å². The normalized spacial score (nSPS) is 18.8. The summed E-state index contributed by atoms with van der Waals surface area (Å²) in [6.45, 7) is 3.85. The zero-order chi connectivity index (χ0) is 13.0. The van der Waals surface area contributed by atoms with Crippen LogP contribution in [-0.2, 0) is 9.59 Å². The van der Waals surface area contributed by atoms with Crippen molar-refractivity contribution in [1.82, 2.24) is 5.32 Å². The minimum atomic E-state index is -1.06. The van der Waals surface area contributed by atoms with Crippen molar-refractivity contribution in [2.24, 2.45) is 17.6 Å². The zero-order valence-corrected chi connectivity index (χ0v) is 10.5. The summed E-state index contributed by atoms with van der Waals surface area (Å²) in [5.41, 5.74) is 5.23. The molecule has 0 aliphatic heterocycles. The molecule has 0 aromatic heterocycles. The van der Waals surface area contributed by atoms with Gasteiger partial charge in [-0.3, -0.25) is 9.59 Å². The second kappa shape index (κ2) is 6.00. The van der Waals surface area contributed by atoms with Gasteiger partial charge in [0.25, 0.3) is 0 Å². The second-order valence-corrected chi connectivity index (χ2v) is 5.29. The molecule has 5 heteroatoms. The van der Waals surface area contributed by atoms with Gasteiger partial charge in [-0.1, -0.05) is 26.7 Å². The summed E-state index contributed by atoms with van der Waals surface area (Å²) in [7, 11) is 0. The van der Waals surface area contributed by atoms with Gasteiger partial charge in [0.2, 0.25) is 11.8 Å². The molecule has 98 valence electrons. The fourth-order valence-electron chi connectivity index (χ4n) is 1.75. The Hall–Kier alpha value is -1.10. The predicted molar refractivity (Wildman–Crippen MR) is 63.9 cm³/mol. The first kappa shape index (κ1) is 14.0. The van der Waals surface area contributed by atoms with Crippen LogP contribution in [0.5, 0.6) is 0 Å². The highest BCUT2D eigenvalue weighted by Crippen LogP contribution is 2.33. The van der Waals surface area contributed by atoms with Gasteiger partial charge in [-0.15, -0.1) is 0 Å². The van der Waals surface area contributed by atoms with E-state index in [2.05, 4.69) is 5.32 Å². The molecule has 2 amide bonds. The minimum Gasteiger partial charge on any atom is -0.383 e. The highest BCUT2D eigenvalue weighted by molar-refractivity contribution is 5.88. The first-order chi connectivity index (χ1) is 7.90. The van der Waals surface area contributed by atoms with Crippen LogP contribution in [-0.4, -0.2) is 29.1 Å². The molecule has 0 aromatic carbocycles. The van der Waals surface area contributed by atoms with Crippen LogP contribution in [0.2, 0.25) is 0 Å². The molecule has 17 heavy (non-hydrogen) atoms. The van der Waals surface area contributed by atoms with E-state index < -0.39 is 24.0 Å². The van der Waals surface area contributed by atoms with E-state index in [0.717, 1.165) is 12.8 Å². The monoisotopic (exact) mass is 242 g/mol. The number of carbonyl (C=O) groups excluding carboxylic acids is 2. The summed E-state index contributed by atoms with van der Waals surface area (Å²) in [6.07, 6.45) is 2.11. The van der Waals surface area contributed by atoms with E-state index in [1.54, 1.807) is 0 Å². The number of amides is 2. The molecule has 0 aromatic rings. The van der Waals surface area contributed by atoms with Crippen LogP contribution in [0.3, 0.4) is 0 Å². The van der Waals surface area contributed by atoms with Gasteiger partial charge in [0, 0.05) is 0 Å². The first-order valence-electron chi connectivity index (χ1n) is 6.18. The molecule has 1 rings (SSSR count). The van der Waals surface area contributed by atoms with E-state index in [9.17, 15) is 14.7 Å². The molecule has 0 unspecified atom stereocenters. The lowest BCUT2D eigenvalue weighted by Gasteiger charge is -2.18. The Balaban J connectivity index is 2.41. The average molecular weight is 242 g/mol. The van der Waals surface area contributed by atoms with E-state index in [1.807, 2.05) is 13.8 Å². The standard InChI is InChI=1S/C12H22N2O3/c1-7(2)5-10(15)12(17)14-9(11(13)16)6-8-3-4-8/h7-10,15H,3-6H2,1-2H3,(H2,13,16)(H,14,17)/t9-,10-/m1/s1. The summed E-state index contributed by atoms with van der Waals surface area (Å²) >= 11 is 0. The Morgan fingerprint density at radius 2 is 2.00 bits per heavy atom. The van der Waals surface area contributed by atoms with Gasteiger partial charge in [-0.2, -0.15) is 0 Å². The topological polar surface area (TPSA) is 92.4 Å². The van der Waals surface area contributed by atoms with Crippen molar-refractivity contribution in [3.8, 4) is 0 Å². The fraction of sp³-hybridized carbons (Fsp3) is 0.833. The number of hydrogen-bond acceptors (Lipinski definition) is 3. The largest absolute Gasteiger partial charge is 0.383 e. The predicted octanol–water partition coefficient (Wildman–Crippen LogP) is 0.164. The molecule has 0 bridgehead atoms. The second-order valence-electron chi connectivity index (χ2n) is 5.29. The molecule has 5 nitrogen and oxygen atoms in total. The number of aliphatic hydroxyl groups is 1. The molecule has 1 aliphatic carbocycles. The number of primary amides is 1. The lowest BCUT2D eigenvalue weighted by molar-refractivity contribution is -0.133. The molecule has 0 saturated heterocycles. The third kappa shape index (κ3) is 5.17. The number of hydrogen-bond donors (Lipinski definition) is 3. The van der Waals surface area contributed by atoms with Gasteiger partial charge in [0.1, 0.15) is 12.1 Å². The van der Waals surface area contributed by atoms with Crippen molar-refractivity contribution in [3.05, 3.63) is 0 Å². The molecule has 2 atom stereocenters. The van der Waals surface area contributed by atoms with Crippen LogP contribution in [0.1, 0.15) is 39.5 Å². The highest BCUT2D eigenvalue weighted by Gasteiger charge is 2.30. The van der Waals surface area contributed by atoms with E-state index in [-0.39, 0.29) is 5.92 Å². The maximum Gasteiger partial charge on any atom is 0.249 e. The van der Waals surface area contributed by atoms with Gasteiger partial charge in [0.05, 0.1) is 0 Å². The summed E-state index contributed by atoms with van der Waals surface area (Å²) in [6, 6.07) is -0.642. The van der Waals surface area contributed by atoms with Gasteiger partial charge >= 0.3 is 0 Å². The summed E-state index contributed by atoms with van der Waals surface area (Å²) in [5.74, 6) is -0.300. The van der Waals surface area contributed by atoms with Gasteiger partial charge in [0.15, 0.2) is 0 Å². The molecule has 4 N–H and O–H groups in total. The molecule has 1 fully saturated rings. The Bertz CT molecular complexity index is 287. The van der Waals surface area contributed by atoms with Crippen molar-refractivity contribution in [2.45, 2.75) is 51.7 Å². The number of nitrogens with one attached hydrogen (secondary N) is 1. The van der Waals surface area contributed by atoms with Crippen molar-refractivity contribution in [3.63, 3.8) is 0 Å². The smallest absolute Gasteiger partial charge is 0.249 e. The van der Waals surface area contributed by atoms with Crippen LogP contribution < -0.4 is 11.1 Å². The number of nitrogens with two attached hydrogens (primary N) is 1. The van der Waals surface area contributed by atoms with Crippen LogP contribution in [0, 0.1) is 11.8 Å². The molecule has 1 saturated carbocycles. The quantitative estimate of drug-likeness (QED) is 0.594. The van der Waals surface area contributed by atoms with E-state index in [4.69, 9.17) is 5.73 Å². The number of aliphatic hydroxyl groups excluding tert-OH is 1. The highest BCUT2D eigenvalue weighted by atomic mass is 16.3. The van der Waals surface area contributed by atoms with Crippen molar-refractivity contribution < 1.29 is 14.7 Å². The Labute approximate surface area is 102 Å². The minimum absolute atomic E-state index is 0.228. The van der Waals surface area contributed by atoms with Gasteiger partial charge in [-0.25, -0.2) is 0 Å². The molecule has 0 radical (unpaired) electrons. The molecule has 0 heterocycles. The average Bonchev–Trinajstić information content (AvgIpc) is 2.99. The lowest BCUT2D eigenvalue weighted by Crippen LogP contribution is -2.48. The SMILES string of the molecule is CC(C)C[C@@H](O)C(=O)N[C@H](CC1CC1)C(N)=O. The fourth-order valence-corrected chi connectivity index (χ4v) is 1.75. The van der Waals surface area contributed by atoms with Crippen LogP contribution in [0.15, 0.2) is 0 Å². The van der Waals surface area contributed by atoms with Crippen molar-refractivity contribution >= 4 is 11.8 Å². The summed E-state index contributed by atoms with van der Waals surface area (Å²) in [5, 5.41) is 12.1. The molecule has 0 spiro atoms. The number of rotatable bonds is 7. The van der Waals surface area contributed by atoms with Gasteiger partial charge in [-0.05, 0) is 24.7 Å². The first-order valence-corrected chi connectivity index (χ1v) is 6.18. The molecular weight excluding hydrogens is 220 g/mol. The maximum atomic E-state index is 11.6. The van der Waals surface area contributed by atoms with Crippen molar-refractivity contribution in [2.75, 3.05) is 0 Å². The zero-order valence-electron chi connectivity index (χ0n) is 10.5. The van der Waals surface area contributed by atoms with Crippen LogP contribution in [0.4, 0.5) is 0 Å². The lowest BCUT2D eigenvalue weighted by atomic mass is 10.0. The van der Waals surface area contributed by atoms with Crippen LogP contribution >= 0.6 is 0 Å². The third-order valence-corrected chi connectivity index (χ3v) is 2.92.